The Morgan fingerprint density at radius 3 is 2.62 bits per heavy atom. The van der Waals surface area contributed by atoms with Gasteiger partial charge in [-0.15, -0.1) is 0 Å². The number of amides is 1. The predicted molar refractivity (Wildman–Crippen MR) is 110 cm³/mol. The lowest BCUT2D eigenvalue weighted by Crippen LogP contribution is -2.31. The molecule has 0 spiro atoms. The molecule has 0 unspecified atom stereocenters. The maximum Gasteiger partial charge on any atom is 0.255 e. The molecule has 2 aromatic carbocycles. The van der Waals surface area contributed by atoms with E-state index in [0.29, 0.717) is 37.7 Å². The van der Waals surface area contributed by atoms with E-state index in [9.17, 15) is 4.79 Å². The molecule has 0 saturated heterocycles. The van der Waals surface area contributed by atoms with E-state index in [-0.39, 0.29) is 11.9 Å². The molecule has 0 saturated carbocycles. The highest BCUT2D eigenvalue weighted by Crippen LogP contribution is 2.37. The Morgan fingerprint density at radius 2 is 1.90 bits per heavy atom. The summed E-state index contributed by atoms with van der Waals surface area (Å²) in [7, 11) is 0. The van der Waals surface area contributed by atoms with Gasteiger partial charge in [0.15, 0.2) is 11.5 Å². The van der Waals surface area contributed by atoms with Crippen LogP contribution in [0.5, 0.6) is 11.5 Å². The van der Waals surface area contributed by atoms with Crippen LogP contribution >= 0.6 is 0 Å². The molecule has 1 atom stereocenters. The number of hydrogen-bond acceptors (Lipinski definition) is 4. The van der Waals surface area contributed by atoms with Crippen LogP contribution in [0.2, 0.25) is 0 Å². The standard InChI is InChI=1S/C23H25N3O3/c1-3-28-20-10-9-16(13-21(20)29-4-2)19(14-22-24-11-12-25-22)26-15-17-7-5-6-8-18(17)23(26)27/h5-13,19H,3-4,14-15H2,1-2H3,(H,24,25)/t19-/m1/s1. The van der Waals surface area contributed by atoms with Gasteiger partial charge in [0.1, 0.15) is 5.82 Å². The van der Waals surface area contributed by atoms with E-state index in [1.807, 2.05) is 61.2 Å². The first-order valence-corrected chi connectivity index (χ1v) is 9.98. The number of fused-ring (bicyclic) bond motifs is 1. The average molecular weight is 391 g/mol. The second-order valence-electron chi connectivity index (χ2n) is 6.92. The third-order valence-electron chi connectivity index (χ3n) is 5.12. The Hall–Kier alpha value is -3.28. The molecule has 150 valence electrons. The van der Waals surface area contributed by atoms with Crippen molar-refractivity contribution < 1.29 is 14.3 Å². The molecule has 29 heavy (non-hydrogen) atoms. The molecule has 6 nitrogen and oxygen atoms in total. The van der Waals surface area contributed by atoms with Crippen LogP contribution in [0.15, 0.2) is 54.9 Å². The average Bonchev–Trinajstić information content (AvgIpc) is 3.36. The van der Waals surface area contributed by atoms with Crippen LogP contribution in [0.4, 0.5) is 0 Å². The van der Waals surface area contributed by atoms with E-state index >= 15 is 0 Å². The number of carbonyl (C=O) groups is 1. The van der Waals surface area contributed by atoms with Crippen LogP contribution in [0.3, 0.4) is 0 Å². The SMILES string of the molecule is CCOc1ccc([C@@H](Cc2ncc[nH]2)N2Cc3ccccc3C2=O)cc1OCC. The van der Waals surface area contributed by atoms with Crippen LogP contribution in [0.1, 0.15) is 47.2 Å². The number of benzene rings is 2. The molecule has 3 aromatic rings. The Labute approximate surface area is 170 Å². The van der Waals surface area contributed by atoms with Gasteiger partial charge in [0.2, 0.25) is 0 Å². The quantitative estimate of drug-likeness (QED) is 0.626. The van der Waals surface area contributed by atoms with Crippen molar-refractivity contribution in [2.24, 2.45) is 0 Å². The van der Waals surface area contributed by atoms with E-state index in [2.05, 4.69) is 9.97 Å². The third kappa shape index (κ3) is 3.83. The Morgan fingerprint density at radius 1 is 1.10 bits per heavy atom. The van der Waals surface area contributed by atoms with Gasteiger partial charge in [-0.25, -0.2) is 4.98 Å². The van der Waals surface area contributed by atoms with Gasteiger partial charge in [-0.1, -0.05) is 24.3 Å². The van der Waals surface area contributed by atoms with Gasteiger partial charge in [-0.3, -0.25) is 4.79 Å². The number of hydrogen-bond donors (Lipinski definition) is 1. The van der Waals surface area contributed by atoms with Crippen molar-refractivity contribution in [3.8, 4) is 11.5 Å². The van der Waals surface area contributed by atoms with E-state index in [4.69, 9.17) is 9.47 Å². The van der Waals surface area contributed by atoms with Gasteiger partial charge in [0.05, 0.1) is 19.3 Å². The molecule has 1 aromatic heterocycles. The maximum atomic E-state index is 13.2. The minimum absolute atomic E-state index is 0.0454. The molecule has 2 heterocycles. The lowest BCUT2D eigenvalue weighted by Gasteiger charge is -2.28. The summed E-state index contributed by atoms with van der Waals surface area (Å²) in [6.45, 7) is 5.58. The molecule has 4 rings (SSSR count). The first-order valence-electron chi connectivity index (χ1n) is 9.98. The Bertz CT molecular complexity index is 985. The molecule has 0 aliphatic carbocycles. The molecular weight excluding hydrogens is 366 g/mol. The fourth-order valence-electron chi connectivity index (χ4n) is 3.80. The second kappa shape index (κ2) is 8.39. The van der Waals surface area contributed by atoms with E-state index in [1.165, 1.54) is 0 Å². The molecular formula is C23H25N3O3. The number of H-pyrrole nitrogens is 1. The minimum atomic E-state index is -0.170. The first kappa shape index (κ1) is 19.1. The van der Waals surface area contributed by atoms with Crippen molar-refractivity contribution in [2.45, 2.75) is 32.9 Å². The molecule has 1 aliphatic rings. The normalized spacial score (nSPS) is 14.0. The number of aromatic amines is 1. The number of nitrogens with zero attached hydrogens (tertiary/aromatic N) is 2. The van der Waals surface area contributed by atoms with Crippen LogP contribution in [-0.2, 0) is 13.0 Å². The van der Waals surface area contributed by atoms with Crippen molar-refractivity contribution in [3.05, 3.63) is 77.4 Å². The highest BCUT2D eigenvalue weighted by atomic mass is 16.5. The fourth-order valence-corrected chi connectivity index (χ4v) is 3.80. The van der Waals surface area contributed by atoms with Crippen LogP contribution in [0.25, 0.3) is 0 Å². The number of aromatic nitrogens is 2. The monoisotopic (exact) mass is 391 g/mol. The maximum absolute atomic E-state index is 13.2. The largest absolute Gasteiger partial charge is 0.490 e. The van der Waals surface area contributed by atoms with Crippen LogP contribution < -0.4 is 9.47 Å². The second-order valence-corrected chi connectivity index (χ2v) is 6.92. The van der Waals surface area contributed by atoms with Gasteiger partial charge < -0.3 is 19.4 Å². The zero-order valence-electron chi connectivity index (χ0n) is 16.7. The summed E-state index contributed by atoms with van der Waals surface area (Å²) >= 11 is 0. The summed E-state index contributed by atoms with van der Waals surface area (Å²) in [6, 6.07) is 13.5. The fraction of sp³-hybridized carbons (Fsp3) is 0.304. The lowest BCUT2D eigenvalue weighted by atomic mass is 10.0. The number of nitrogens with one attached hydrogen (secondary N) is 1. The van der Waals surface area contributed by atoms with Crippen molar-refractivity contribution in [2.75, 3.05) is 13.2 Å². The minimum Gasteiger partial charge on any atom is -0.490 e. The first-order chi connectivity index (χ1) is 14.2. The van der Waals surface area contributed by atoms with Gasteiger partial charge in [-0.2, -0.15) is 0 Å². The Kier molecular flexibility index (Phi) is 5.51. The van der Waals surface area contributed by atoms with Gasteiger partial charge in [0, 0.05) is 30.9 Å². The van der Waals surface area contributed by atoms with Gasteiger partial charge in [-0.05, 0) is 43.2 Å². The molecule has 6 heteroatoms. The molecule has 0 bridgehead atoms. The van der Waals surface area contributed by atoms with Gasteiger partial charge in [0.25, 0.3) is 5.91 Å². The molecule has 1 N–H and O–H groups in total. The topological polar surface area (TPSA) is 67.5 Å². The molecule has 0 fully saturated rings. The predicted octanol–water partition coefficient (Wildman–Crippen LogP) is 4.15. The molecule has 0 radical (unpaired) electrons. The van der Waals surface area contributed by atoms with E-state index < -0.39 is 0 Å². The summed E-state index contributed by atoms with van der Waals surface area (Å²) < 4.78 is 11.5. The molecule has 1 amide bonds. The number of imidazole rings is 1. The van der Waals surface area contributed by atoms with Crippen LogP contribution in [-0.4, -0.2) is 34.0 Å². The van der Waals surface area contributed by atoms with Crippen molar-refractivity contribution in [1.82, 2.24) is 14.9 Å². The van der Waals surface area contributed by atoms with E-state index in [1.54, 1.807) is 12.4 Å². The van der Waals surface area contributed by atoms with Crippen molar-refractivity contribution in [1.29, 1.82) is 0 Å². The van der Waals surface area contributed by atoms with Crippen LogP contribution in [0, 0.1) is 0 Å². The lowest BCUT2D eigenvalue weighted by molar-refractivity contribution is 0.0698. The smallest absolute Gasteiger partial charge is 0.255 e. The zero-order chi connectivity index (χ0) is 20.2. The summed E-state index contributed by atoms with van der Waals surface area (Å²) in [5, 5.41) is 0. The van der Waals surface area contributed by atoms with Crippen molar-refractivity contribution in [3.63, 3.8) is 0 Å². The van der Waals surface area contributed by atoms with E-state index in [0.717, 1.165) is 22.5 Å². The summed E-state index contributed by atoms with van der Waals surface area (Å²) in [5.74, 6) is 2.29. The summed E-state index contributed by atoms with van der Waals surface area (Å²) in [4.78, 5) is 22.6. The zero-order valence-corrected chi connectivity index (χ0v) is 16.7. The van der Waals surface area contributed by atoms with Crippen molar-refractivity contribution >= 4 is 5.91 Å². The number of carbonyl (C=O) groups excluding carboxylic acids is 1. The molecule has 1 aliphatic heterocycles. The van der Waals surface area contributed by atoms with Gasteiger partial charge >= 0.3 is 0 Å². The highest BCUT2D eigenvalue weighted by molar-refractivity contribution is 5.98. The highest BCUT2D eigenvalue weighted by Gasteiger charge is 2.34. The Balaban J connectivity index is 1.72. The number of rotatable bonds is 8. The third-order valence-corrected chi connectivity index (χ3v) is 5.12. The summed E-state index contributed by atoms with van der Waals surface area (Å²) in [5.41, 5.74) is 2.82. The number of ether oxygens (including phenoxy) is 2. The summed E-state index contributed by atoms with van der Waals surface area (Å²) in [6.07, 6.45) is 4.12.